The second kappa shape index (κ2) is 2.88. The molecule has 3 nitrogen and oxygen atoms in total. The molecule has 3 heteroatoms. The molecule has 2 atom stereocenters. The first-order valence-electron chi connectivity index (χ1n) is 4.28. The normalized spacial score (nSPS) is 37.3. The lowest BCUT2D eigenvalue weighted by molar-refractivity contribution is -0.156. The zero-order chi connectivity index (χ0) is 9.46. The lowest BCUT2D eigenvalue weighted by Gasteiger charge is -2.35. The van der Waals surface area contributed by atoms with Gasteiger partial charge in [0.2, 0.25) is 11.8 Å². The molecular weight excluding hydrogens is 154 g/mol. The van der Waals surface area contributed by atoms with Crippen LogP contribution < -0.4 is 0 Å². The number of piperidine rings is 1. The molecule has 0 aromatic rings. The fourth-order valence-corrected chi connectivity index (χ4v) is 1.60. The van der Waals surface area contributed by atoms with Crippen molar-refractivity contribution in [2.45, 2.75) is 20.8 Å². The van der Waals surface area contributed by atoms with Gasteiger partial charge in [0.15, 0.2) is 0 Å². The molecule has 1 heterocycles. The predicted octanol–water partition coefficient (Wildman–Crippen LogP) is 0.893. The number of hydrogen-bond acceptors (Lipinski definition) is 2. The summed E-state index contributed by atoms with van der Waals surface area (Å²) in [5.74, 6) is 0.0165. The molecule has 0 radical (unpaired) electrons. The minimum atomic E-state index is -0.0504. The number of nitrogens with zero attached hydrogens (tertiary/aromatic N) is 1. The third-order valence-electron chi connectivity index (χ3n) is 3.02. The zero-order valence-corrected chi connectivity index (χ0v) is 8.00. The first kappa shape index (κ1) is 9.23. The molecule has 2 unspecified atom stereocenters. The smallest absolute Gasteiger partial charge is 0.232 e. The Balaban J connectivity index is 2.91. The first-order valence-corrected chi connectivity index (χ1v) is 4.28. The number of amides is 2. The van der Waals surface area contributed by atoms with Gasteiger partial charge in [-0.05, 0) is 5.92 Å². The third-order valence-corrected chi connectivity index (χ3v) is 3.02. The van der Waals surface area contributed by atoms with E-state index in [1.54, 1.807) is 7.05 Å². The molecule has 12 heavy (non-hydrogen) atoms. The average Bonchev–Trinajstić information content (AvgIpc) is 2.08. The van der Waals surface area contributed by atoms with Gasteiger partial charge in [-0.25, -0.2) is 0 Å². The van der Waals surface area contributed by atoms with Crippen LogP contribution in [0.25, 0.3) is 0 Å². The van der Waals surface area contributed by atoms with Gasteiger partial charge in [-0.3, -0.25) is 14.5 Å². The van der Waals surface area contributed by atoms with Crippen LogP contribution in [0.2, 0.25) is 0 Å². The zero-order valence-electron chi connectivity index (χ0n) is 8.00. The van der Waals surface area contributed by atoms with Crippen LogP contribution in [0.1, 0.15) is 20.8 Å². The molecule has 0 spiro atoms. The van der Waals surface area contributed by atoms with Gasteiger partial charge in [0, 0.05) is 18.9 Å². The van der Waals surface area contributed by atoms with Gasteiger partial charge in [-0.15, -0.1) is 0 Å². The Hall–Kier alpha value is -0.860. The molecule has 0 bridgehead atoms. The third kappa shape index (κ3) is 1.13. The highest BCUT2D eigenvalue weighted by molar-refractivity contribution is 5.99. The highest BCUT2D eigenvalue weighted by Gasteiger charge is 2.39. The summed E-state index contributed by atoms with van der Waals surface area (Å²) in [5, 5.41) is 0. The summed E-state index contributed by atoms with van der Waals surface area (Å²) in [6.07, 6.45) is 0. The molecule has 0 aromatic carbocycles. The van der Waals surface area contributed by atoms with Crippen molar-refractivity contribution in [1.82, 2.24) is 4.90 Å². The van der Waals surface area contributed by atoms with Crippen molar-refractivity contribution in [3.8, 4) is 0 Å². The van der Waals surface area contributed by atoms with Gasteiger partial charge in [0.05, 0.1) is 0 Å². The van der Waals surface area contributed by atoms with E-state index in [-0.39, 0.29) is 29.6 Å². The van der Waals surface area contributed by atoms with Crippen molar-refractivity contribution in [1.29, 1.82) is 0 Å². The van der Waals surface area contributed by atoms with Crippen LogP contribution in [0.3, 0.4) is 0 Å². The van der Waals surface area contributed by atoms with Gasteiger partial charge < -0.3 is 0 Å². The van der Waals surface area contributed by atoms with Crippen molar-refractivity contribution in [2.24, 2.45) is 17.8 Å². The molecule has 0 aliphatic carbocycles. The lowest BCUT2D eigenvalue weighted by Crippen LogP contribution is -2.49. The number of hydrogen-bond donors (Lipinski definition) is 0. The highest BCUT2D eigenvalue weighted by atomic mass is 16.2. The topological polar surface area (TPSA) is 37.4 Å². The van der Waals surface area contributed by atoms with Crippen molar-refractivity contribution < 1.29 is 9.59 Å². The molecule has 0 saturated carbocycles. The lowest BCUT2D eigenvalue weighted by atomic mass is 9.80. The van der Waals surface area contributed by atoms with E-state index in [1.807, 2.05) is 20.8 Å². The second-order valence-electron chi connectivity index (χ2n) is 3.67. The molecule has 2 amide bonds. The number of carbonyl (C=O) groups is 2. The van der Waals surface area contributed by atoms with E-state index in [1.165, 1.54) is 4.90 Å². The SMILES string of the molecule is CC1C(=O)N(C)C(=O)C(C)C1C. The summed E-state index contributed by atoms with van der Waals surface area (Å²) in [6, 6.07) is 0. The largest absolute Gasteiger partial charge is 0.285 e. The van der Waals surface area contributed by atoms with Crippen LogP contribution in [0.5, 0.6) is 0 Å². The molecule has 68 valence electrons. The average molecular weight is 169 g/mol. The van der Waals surface area contributed by atoms with E-state index < -0.39 is 0 Å². The fraction of sp³-hybridized carbons (Fsp3) is 0.778. The Labute approximate surface area is 72.7 Å². The monoisotopic (exact) mass is 169 g/mol. The maximum absolute atomic E-state index is 11.4. The molecule has 1 saturated heterocycles. The standard InChI is InChI=1S/C9H15NO2/c1-5-6(2)8(11)10(4)9(12)7(5)3/h5-7H,1-4H3. The summed E-state index contributed by atoms with van der Waals surface area (Å²) in [7, 11) is 1.56. The molecular formula is C9H15NO2. The molecule has 1 rings (SSSR count). The molecule has 1 fully saturated rings. The molecule has 0 aromatic heterocycles. The minimum Gasteiger partial charge on any atom is -0.285 e. The minimum absolute atomic E-state index is 0.0253. The van der Waals surface area contributed by atoms with Crippen molar-refractivity contribution in [2.75, 3.05) is 7.05 Å². The van der Waals surface area contributed by atoms with Crippen LogP contribution in [0.4, 0.5) is 0 Å². The van der Waals surface area contributed by atoms with E-state index in [0.29, 0.717) is 0 Å². The Morgan fingerprint density at radius 2 is 1.33 bits per heavy atom. The predicted molar refractivity (Wildman–Crippen MR) is 45.3 cm³/mol. The molecule has 1 aliphatic heterocycles. The van der Waals surface area contributed by atoms with E-state index in [2.05, 4.69) is 0 Å². The number of likely N-dealkylation sites (tertiary alicyclic amines) is 1. The van der Waals surface area contributed by atoms with Crippen LogP contribution in [-0.2, 0) is 9.59 Å². The van der Waals surface area contributed by atoms with Crippen molar-refractivity contribution in [3.63, 3.8) is 0 Å². The van der Waals surface area contributed by atoms with Gasteiger partial charge in [0.1, 0.15) is 0 Å². The van der Waals surface area contributed by atoms with Crippen molar-refractivity contribution >= 4 is 11.8 Å². The van der Waals surface area contributed by atoms with Crippen LogP contribution >= 0.6 is 0 Å². The van der Waals surface area contributed by atoms with E-state index in [4.69, 9.17) is 0 Å². The van der Waals surface area contributed by atoms with E-state index in [0.717, 1.165) is 0 Å². The quantitative estimate of drug-likeness (QED) is 0.505. The van der Waals surface area contributed by atoms with E-state index >= 15 is 0 Å². The molecule has 1 aliphatic rings. The summed E-state index contributed by atoms with van der Waals surface area (Å²) in [6.45, 7) is 5.72. The first-order chi connectivity index (χ1) is 5.46. The van der Waals surface area contributed by atoms with Gasteiger partial charge in [0.25, 0.3) is 0 Å². The summed E-state index contributed by atoms with van der Waals surface area (Å²) >= 11 is 0. The number of imide groups is 1. The number of rotatable bonds is 0. The van der Waals surface area contributed by atoms with Crippen molar-refractivity contribution in [3.05, 3.63) is 0 Å². The summed E-state index contributed by atoms with van der Waals surface area (Å²) in [4.78, 5) is 24.0. The highest BCUT2D eigenvalue weighted by Crippen LogP contribution is 2.28. The van der Waals surface area contributed by atoms with Crippen LogP contribution in [-0.4, -0.2) is 23.8 Å². The fourth-order valence-electron chi connectivity index (χ4n) is 1.60. The number of carbonyl (C=O) groups excluding carboxylic acids is 2. The Morgan fingerprint density at radius 1 is 1.00 bits per heavy atom. The Kier molecular flexibility index (Phi) is 2.22. The van der Waals surface area contributed by atoms with Gasteiger partial charge in [-0.1, -0.05) is 20.8 Å². The summed E-state index contributed by atoms with van der Waals surface area (Å²) < 4.78 is 0. The maximum atomic E-state index is 11.4. The van der Waals surface area contributed by atoms with Crippen LogP contribution in [0, 0.1) is 17.8 Å². The van der Waals surface area contributed by atoms with Gasteiger partial charge in [-0.2, -0.15) is 0 Å². The van der Waals surface area contributed by atoms with Gasteiger partial charge >= 0.3 is 0 Å². The van der Waals surface area contributed by atoms with E-state index in [9.17, 15) is 9.59 Å². The Morgan fingerprint density at radius 3 is 1.67 bits per heavy atom. The maximum Gasteiger partial charge on any atom is 0.232 e. The molecule has 0 N–H and O–H groups in total. The van der Waals surface area contributed by atoms with Crippen LogP contribution in [0.15, 0.2) is 0 Å². The summed E-state index contributed by atoms with van der Waals surface area (Å²) in [5.41, 5.74) is 0. The second-order valence-corrected chi connectivity index (χ2v) is 3.67. The Bertz CT molecular complexity index is 203.